The highest BCUT2D eigenvalue weighted by Gasteiger charge is 2.68. The molecule has 6 rings (SSSR count). The quantitative estimate of drug-likeness (QED) is 0.243. The lowest BCUT2D eigenvalue weighted by atomic mass is 9.51. The number of likely N-dealkylation sites (N-methyl/N-ethyl adjacent to an activating group) is 1. The van der Waals surface area contributed by atoms with Gasteiger partial charge in [0.15, 0.2) is 9.84 Å². The zero-order valence-electron chi connectivity index (χ0n) is 24.9. The lowest BCUT2D eigenvalue weighted by Gasteiger charge is -2.58. The smallest absolute Gasteiger partial charge is 0.334 e. The fourth-order valence-corrected chi connectivity index (χ4v) is 10.1. The molecule has 5 fully saturated rings. The number of hydrogen-bond acceptors (Lipinski definition) is 8. The zero-order chi connectivity index (χ0) is 31.1. The Kier molecular flexibility index (Phi) is 7.09. The van der Waals surface area contributed by atoms with Crippen molar-refractivity contribution in [2.24, 2.45) is 23.0 Å². The molecule has 0 bridgehead atoms. The summed E-state index contributed by atoms with van der Waals surface area (Å²) < 4.78 is 26.8. The van der Waals surface area contributed by atoms with Crippen LogP contribution in [0.4, 0.5) is 4.79 Å². The summed E-state index contributed by atoms with van der Waals surface area (Å²) in [5.74, 6) is -1.02. The molecule has 3 heterocycles. The van der Waals surface area contributed by atoms with E-state index in [0.29, 0.717) is 57.9 Å². The summed E-state index contributed by atoms with van der Waals surface area (Å²) in [6.45, 7) is 2.33. The number of nitrogens with one attached hydrogen (secondary N) is 1. The van der Waals surface area contributed by atoms with Gasteiger partial charge in [-0.2, -0.15) is 0 Å². The second-order valence-electron chi connectivity index (χ2n) is 13.9. The highest BCUT2D eigenvalue weighted by molar-refractivity contribution is 7.92. The lowest BCUT2D eigenvalue weighted by molar-refractivity contribution is -0.150. The van der Waals surface area contributed by atoms with Gasteiger partial charge in [0.25, 0.3) is 11.5 Å². The fourth-order valence-electron chi connectivity index (χ4n) is 8.49. The number of nitrogens with zero attached hydrogens (tertiary/aromatic N) is 4. The molecule has 13 nitrogen and oxygen atoms in total. The number of aromatic nitrogens is 2. The van der Waals surface area contributed by atoms with E-state index < -0.39 is 49.6 Å². The lowest BCUT2D eigenvalue weighted by Crippen LogP contribution is -2.65. The summed E-state index contributed by atoms with van der Waals surface area (Å²) >= 11 is 0. The van der Waals surface area contributed by atoms with Gasteiger partial charge in [0.05, 0.1) is 11.0 Å². The van der Waals surface area contributed by atoms with Gasteiger partial charge in [0.2, 0.25) is 5.88 Å². The SMILES string of the molecule is C[C@@H]1C[C@H](CN2C(=O)N(C)C(=O)C23CC2(CCC(n4c(=O)c(C(=N)N)c(O)n(CC5CCC5)c4=O)CC2)C3)CCS1(=O)=O. The second kappa shape index (κ2) is 10.2. The van der Waals surface area contributed by atoms with Crippen molar-refractivity contribution in [2.75, 3.05) is 19.3 Å². The minimum atomic E-state index is -3.12. The number of rotatable bonds is 6. The van der Waals surface area contributed by atoms with E-state index >= 15 is 0 Å². The van der Waals surface area contributed by atoms with Crippen LogP contribution in [0.5, 0.6) is 5.88 Å². The van der Waals surface area contributed by atoms with E-state index in [0.717, 1.165) is 19.3 Å². The van der Waals surface area contributed by atoms with E-state index in [1.807, 2.05) is 0 Å². The van der Waals surface area contributed by atoms with Crippen molar-refractivity contribution in [3.63, 3.8) is 0 Å². The molecular weight excluding hydrogens is 576 g/mol. The van der Waals surface area contributed by atoms with Crippen molar-refractivity contribution >= 4 is 27.6 Å². The van der Waals surface area contributed by atoms with Gasteiger partial charge in [-0.1, -0.05) is 6.42 Å². The maximum atomic E-state index is 13.5. The van der Waals surface area contributed by atoms with E-state index in [1.165, 1.54) is 21.1 Å². The van der Waals surface area contributed by atoms with Gasteiger partial charge in [0, 0.05) is 26.2 Å². The fraction of sp³-hybridized carbons (Fsp3) is 0.759. The van der Waals surface area contributed by atoms with Crippen LogP contribution in [0, 0.1) is 22.7 Å². The van der Waals surface area contributed by atoms with Crippen molar-refractivity contribution in [3.05, 3.63) is 26.4 Å². The maximum Gasteiger partial charge on any atom is 0.334 e. The number of urea groups is 1. The Morgan fingerprint density at radius 2 is 1.67 bits per heavy atom. The Morgan fingerprint density at radius 3 is 2.23 bits per heavy atom. The van der Waals surface area contributed by atoms with Crippen molar-refractivity contribution < 1.29 is 23.1 Å². The summed E-state index contributed by atoms with van der Waals surface area (Å²) in [4.78, 5) is 56.5. The molecule has 1 aromatic heterocycles. The van der Waals surface area contributed by atoms with Crippen molar-refractivity contribution in [1.29, 1.82) is 5.41 Å². The van der Waals surface area contributed by atoms with Gasteiger partial charge in [-0.3, -0.25) is 29.0 Å². The van der Waals surface area contributed by atoms with Gasteiger partial charge in [-0.05, 0) is 88.4 Å². The molecule has 1 aromatic rings. The van der Waals surface area contributed by atoms with Crippen molar-refractivity contribution in [3.8, 4) is 5.88 Å². The summed E-state index contributed by atoms with van der Waals surface area (Å²) in [5, 5.41) is 18.2. The van der Waals surface area contributed by atoms with E-state index in [9.17, 15) is 32.7 Å². The minimum absolute atomic E-state index is 0.00452. The van der Waals surface area contributed by atoms with Crippen LogP contribution >= 0.6 is 0 Å². The highest BCUT2D eigenvalue weighted by atomic mass is 32.2. The van der Waals surface area contributed by atoms with Crippen LogP contribution in [0.1, 0.15) is 89.2 Å². The van der Waals surface area contributed by atoms with Crippen molar-refractivity contribution in [2.45, 2.75) is 101 Å². The molecular formula is C29H42N6O7S. The Balaban J connectivity index is 1.20. The average molecular weight is 619 g/mol. The number of amidine groups is 1. The van der Waals surface area contributed by atoms with Crippen LogP contribution in [-0.4, -0.2) is 80.4 Å². The first-order chi connectivity index (χ1) is 20.2. The molecule has 0 radical (unpaired) electrons. The molecule has 236 valence electrons. The van der Waals surface area contributed by atoms with Gasteiger partial charge >= 0.3 is 11.7 Å². The Morgan fingerprint density at radius 1 is 1.02 bits per heavy atom. The first kappa shape index (κ1) is 29.9. The Hall–Kier alpha value is -3.16. The highest BCUT2D eigenvalue weighted by Crippen LogP contribution is 2.62. The minimum Gasteiger partial charge on any atom is -0.494 e. The predicted molar refractivity (Wildman–Crippen MR) is 158 cm³/mol. The number of hydrogen-bond donors (Lipinski definition) is 3. The maximum absolute atomic E-state index is 13.5. The third-order valence-corrected chi connectivity index (χ3v) is 13.5. The molecule has 2 saturated heterocycles. The molecule has 2 atom stereocenters. The normalized spacial score (nSPS) is 28.3. The molecule has 5 aliphatic rings. The molecule has 3 aliphatic carbocycles. The molecule has 2 spiro atoms. The third kappa shape index (κ3) is 4.62. The molecule has 43 heavy (non-hydrogen) atoms. The van der Waals surface area contributed by atoms with E-state index in [2.05, 4.69) is 0 Å². The molecule has 0 aromatic carbocycles. The number of sulfone groups is 1. The van der Waals surface area contributed by atoms with E-state index in [4.69, 9.17) is 11.1 Å². The Bertz CT molecular complexity index is 1590. The first-order valence-electron chi connectivity index (χ1n) is 15.4. The number of aromatic hydroxyl groups is 1. The van der Waals surface area contributed by atoms with Crippen LogP contribution in [0.25, 0.3) is 0 Å². The standard InChI is InChI=1S/C29H42N6O7S/c1-17-12-19(8-11-43(17,41)42)14-34-26(39)32(2)25(38)29(34)15-28(16-29)9-6-20(7-10-28)35-24(37)21(22(30)31)23(36)33(27(35)40)13-18-4-3-5-18/h17-20,36H,3-16H2,1-2H3,(H3,30,31)/t17-,19-,20?,28?,29?/m1/s1. The molecule has 0 unspecified atom stereocenters. The number of nitrogen functional groups attached to an aromatic ring is 1. The number of imide groups is 1. The number of amides is 3. The third-order valence-electron chi connectivity index (χ3n) is 11.3. The van der Waals surface area contributed by atoms with E-state index in [-0.39, 0.29) is 47.1 Å². The molecule has 3 saturated carbocycles. The molecule has 3 amide bonds. The van der Waals surface area contributed by atoms with Gasteiger partial charge in [-0.15, -0.1) is 0 Å². The largest absolute Gasteiger partial charge is 0.494 e. The Labute approximate surface area is 250 Å². The number of carbonyl (C=O) groups is 2. The van der Waals surface area contributed by atoms with Crippen LogP contribution in [0.15, 0.2) is 9.59 Å². The van der Waals surface area contributed by atoms with Crippen LogP contribution in [0.3, 0.4) is 0 Å². The number of nitrogens with two attached hydrogens (primary N) is 1. The van der Waals surface area contributed by atoms with Gasteiger partial charge < -0.3 is 15.7 Å². The zero-order valence-corrected chi connectivity index (χ0v) is 25.7. The van der Waals surface area contributed by atoms with Crippen molar-refractivity contribution in [1.82, 2.24) is 18.9 Å². The van der Waals surface area contributed by atoms with Crippen LogP contribution < -0.4 is 17.0 Å². The summed E-state index contributed by atoms with van der Waals surface area (Å²) in [5.41, 5.74) is 2.85. The molecule has 2 aliphatic heterocycles. The average Bonchev–Trinajstić information content (AvgIpc) is 3.07. The summed E-state index contributed by atoms with van der Waals surface area (Å²) in [6.07, 6.45) is 7.17. The number of carbonyl (C=O) groups excluding carboxylic acids is 2. The van der Waals surface area contributed by atoms with Crippen LogP contribution in [0.2, 0.25) is 0 Å². The second-order valence-corrected chi connectivity index (χ2v) is 16.5. The molecule has 14 heteroatoms. The van der Waals surface area contributed by atoms with E-state index in [1.54, 1.807) is 11.8 Å². The topological polar surface area (TPSA) is 189 Å². The predicted octanol–water partition coefficient (Wildman–Crippen LogP) is 1.54. The van der Waals surface area contributed by atoms with Gasteiger partial charge in [-0.25, -0.2) is 18.0 Å². The monoisotopic (exact) mass is 618 g/mol. The first-order valence-corrected chi connectivity index (χ1v) is 17.2. The summed E-state index contributed by atoms with van der Waals surface area (Å²) in [7, 11) is -1.62. The van der Waals surface area contributed by atoms with Gasteiger partial charge in [0.1, 0.15) is 16.9 Å². The summed E-state index contributed by atoms with van der Waals surface area (Å²) in [6, 6.07) is -0.770. The molecule has 4 N–H and O–H groups in total. The van der Waals surface area contributed by atoms with Crippen LogP contribution in [-0.2, 0) is 21.2 Å².